The zero-order valence-electron chi connectivity index (χ0n) is 12.4. The summed E-state index contributed by atoms with van der Waals surface area (Å²) in [5.41, 5.74) is 0. The summed E-state index contributed by atoms with van der Waals surface area (Å²) in [6.07, 6.45) is 0. The highest BCUT2D eigenvalue weighted by Crippen LogP contribution is 2.00. The Labute approximate surface area is 117 Å². The van der Waals surface area contributed by atoms with Crippen LogP contribution in [0.4, 0.5) is 0 Å². The van der Waals surface area contributed by atoms with Crippen molar-refractivity contribution in [3.63, 3.8) is 0 Å². The van der Waals surface area contributed by atoms with E-state index in [1.165, 1.54) is 0 Å². The van der Waals surface area contributed by atoms with E-state index in [4.69, 9.17) is 9.47 Å². The summed E-state index contributed by atoms with van der Waals surface area (Å²) >= 11 is 0. The molecule has 1 rings (SSSR count). The van der Waals surface area contributed by atoms with Gasteiger partial charge in [0.1, 0.15) is 0 Å². The first-order valence-electron chi connectivity index (χ1n) is 7.22. The van der Waals surface area contributed by atoms with E-state index in [1.807, 2.05) is 0 Å². The lowest BCUT2D eigenvalue weighted by atomic mass is 10.2. The quantitative estimate of drug-likeness (QED) is 0.581. The van der Waals surface area contributed by atoms with Gasteiger partial charge in [-0.1, -0.05) is 0 Å². The maximum atomic E-state index is 5.31. The molecule has 0 aromatic rings. The lowest BCUT2D eigenvalue weighted by Crippen LogP contribution is -2.48. The lowest BCUT2D eigenvalue weighted by molar-refractivity contribution is 0.0365. The predicted octanol–water partition coefficient (Wildman–Crippen LogP) is -1.27. The van der Waals surface area contributed by atoms with Gasteiger partial charge in [-0.05, 0) is 0 Å². The zero-order valence-corrected chi connectivity index (χ0v) is 12.4. The molecule has 0 saturated carbocycles. The molecule has 19 heavy (non-hydrogen) atoms. The van der Waals surface area contributed by atoms with Gasteiger partial charge in [0, 0.05) is 66.6 Å². The van der Waals surface area contributed by atoms with Gasteiger partial charge in [-0.3, -0.25) is 4.90 Å². The number of rotatable bonds is 5. The fourth-order valence-electron chi connectivity index (χ4n) is 2.29. The highest BCUT2D eigenvalue weighted by Gasteiger charge is 2.17. The smallest absolute Gasteiger partial charge is 0.0640 e. The van der Waals surface area contributed by atoms with Gasteiger partial charge in [0.25, 0.3) is 0 Å². The van der Waals surface area contributed by atoms with E-state index in [0.29, 0.717) is 6.04 Å². The average molecular weight is 274 g/mol. The molecule has 0 bridgehead atoms. The van der Waals surface area contributed by atoms with Crippen LogP contribution in [-0.4, -0.2) is 90.7 Å². The van der Waals surface area contributed by atoms with Crippen LogP contribution < -0.4 is 16.0 Å². The highest BCUT2D eigenvalue weighted by atomic mass is 16.5. The SMILES string of the molecule is COCC(COC)N1CCNCCNCCNCC1. The summed E-state index contributed by atoms with van der Waals surface area (Å²) in [7, 11) is 3.50. The van der Waals surface area contributed by atoms with Crippen LogP contribution in [0.25, 0.3) is 0 Å². The molecule has 0 amide bonds. The third kappa shape index (κ3) is 7.81. The van der Waals surface area contributed by atoms with E-state index in [0.717, 1.165) is 65.6 Å². The number of nitrogens with zero attached hydrogens (tertiary/aromatic N) is 1. The summed E-state index contributed by atoms with van der Waals surface area (Å²) in [5, 5.41) is 10.3. The average Bonchev–Trinajstić information content (AvgIpc) is 2.39. The van der Waals surface area contributed by atoms with Crippen molar-refractivity contribution in [2.24, 2.45) is 0 Å². The minimum Gasteiger partial charge on any atom is -0.383 e. The van der Waals surface area contributed by atoms with Crippen molar-refractivity contribution in [3.8, 4) is 0 Å². The van der Waals surface area contributed by atoms with Crippen molar-refractivity contribution < 1.29 is 9.47 Å². The van der Waals surface area contributed by atoms with Crippen molar-refractivity contribution in [1.82, 2.24) is 20.9 Å². The maximum Gasteiger partial charge on any atom is 0.0640 e. The van der Waals surface area contributed by atoms with Crippen LogP contribution in [0.2, 0.25) is 0 Å². The summed E-state index contributed by atoms with van der Waals surface area (Å²) in [5.74, 6) is 0. The van der Waals surface area contributed by atoms with Crippen LogP contribution >= 0.6 is 0 Å². The van der Waals surface area contributed by atoms with Gasteiger partial charge in [0.05, 0.1) is 19.3 Å². The first-order valence-corrected chi connectivity index (χ1v) is 7.22. The molecule has 0 aliphatic carbocycles. The second-order valence-electron chi connectivity index (χ2n) is 4.85. The number of hydrogen-bond acceptors (Lipinski definition) is 6. The van der Waals surface area contributed by atoms with E-state index in [1.54, 1.807) is 14.2 Å². The van der Waals surface area contributed by atoms with Gasteiger partial charge in [-0.2, -0.15) is 0 Å². The molecule has 0 aromatic heterocycles. The van der Waals surface area contributed by atoms with E-state index in [-0.39, 0.29) is 0 Å². The van der Waals surface area contributed by atoms with Gasteiger partial charge < -0.3 is 25.4 Å². The molecule has 6 heteroatoms. The molecule has 1 fully saturated rings. The molecule has 0 unspecified atom stereocenters. The molecule has 1 saturated heterocycles. The van der Waals surface area contributed by atoms with Gasteiger partial charge in [0.15, 0.2) is 0 Å². The van der Waals surface area contributed by atoms with Crippen molar-refractivity contribution >= 4 is 0 Å². The molecular formula is C13H30N4O2. The summed E-state index contributed by atoms with van der Waals surface area (Å²) in [6.45, 7) is 9.60. The van der Waals surface area contributed by atoms with E-state index >= 15 is 0 Å². The molecule has 114 valence electrons. The first-order chi connectivity index (χ1) is 9.38. The molecule has 1 aliphatic heterocycles. The second-order valence-corrected chi connectivity index (χ2v) is 4.85. The van der Waals surface area contributed by atoms with Gasteiger partial charge in [-0.25, -0.2) is 0 Å². The van der Waals surface area contributed by atoms with Crippen molar-refractivity contribution in [1.29, 1.82) is 0 Å². The molecule has 0 atom stereocenters. The normalized spacial score (nSPS) is 21.0. The molecule has 1 aliphatic rings. The third-order valence-electron chi connectivity index (χ3n) is 3.34. The molecule has 0 spiro atoms. The Hall–Kier alpha value is -0.240. The van der Waals surface area contributed by atoms with Crippen molar-refractivity contribution in [3.05, 3.63) is 0 Å². The van der Waals surface area contributed by atoms with E-state index in [2.05, 4.69) is 20.9 Å². The van der Waals surface area contributed by atoms with Crippen LogP contribution in [0.1, 0.15) is 0 Å². The zero-order chi connectivity index (χ0) is 13.8. The molecular weight excluding hydrogens is 244 g/mol. The molecule has 1 heterocycles. The van der Waals surface area contributed by atoms with Crippen LogP contribution in [0.5, 0.6) is 0 Å². The minimum atomic E-state index is 0.333. The Morgan fingerprint density at radius 3 is 1.63 bits per heavy atom. The standard InChI is InChI=1S/C13H30N4O2/c1-18-11-13(12-19-2)17-9-7-15-5-3-14-4-6-16-8-10-17/h13-16H,3-12H2,1-2H3. The molecule has 6 nitrogen and oxygen atoms in total. The predicted molar refractivity (Wildman–Crippen MR) is 77.7 cm³/mol. The van der Waals surface area contributed by atoms with Crippen LogP contribution in [0.3, 0.4) is 0 Å². The van der Waals surface area contributed by atoms with Crippen LogP contribution in [0, 0.1) is 0 Å². The van der Waals surface area contributed by atoms with E-state index in [9.17, 15) is 0 Å². The summed E-state index contributed by atoms with van der Waals surface area (Å²) in [4.78, 5) is 2.45. The Kier molecular flexibility index (Phi) is 10.2. The summed E-state index contributed by atoms with van der Waals surface area (Å²) in [6, 6.07) is 0.333. The molecule has 0 radical (unpaired) electrons. The fourth-order valence-corrected chi connectivity index (χ4v) is 2.29. The number of methoxy groups -OCH3 is 2. The Morgan fingerprint density at radius 2 is 1.21 bits per heavy atom. The Balaban J connectivity index is 2.43. The maximum absolute atomic E-state index is 5.31. The van der Waals surface area contributed by atoms with Gasteiger partial charge in [0.2, 0.25) is 0 Å². The fraction of sp³-hybridized carbons (Fsp3) is 1.00. The largest absolute Gasteiger partial charge is 0.383 e. The van der Waals surface area contributed by atoms with Crippen LogP contribution in [0.15, 0.2) is 0 Å². The lowest BCUT2D eigenvalue weighted by Gasteiger charge is -2.31. The Morgan fingerprint density at radius 1 is 0.789 bits per heavy atom. The number of nitrogens with one attached hydrogen (secondary N) is 3. The van der Waals surface area contributed by atoms with Crippen molar-refractivity contribution in [2.45, 2.75) is 6.04 Å². The number of hydrogen-bond donors (Lipinski definition) is 3. The second kappa shape index (κ2) is 11.6. The monoisotopic (exact) mass is 274 g/mol. The highest BCUT2D eigenvalue weighted by molar-refractivity contribution is 4.74. The van der Waals surface area contributed by atoms with Crippen LogP contribution in [-0.2, 0) is 9.47 Å². The number of ether oxygens (including phenoxy) is 2. The first kappa shape index (κ1) is 16.8. The molecule has 0 aromatic carbocycles. The van der Waals surface area contributed by atoms with Gasteiger partial charge in [-0.15, -0.1) is 0 Å². The van der Waals surface area contributed by atoms with Gasteiger partial charge >= 0.3 is 0 Å². The van der Waals surface area contributed by atoms with Crippen molar-refractivity contribution in [2.75, 3.05) is 79.8 Å². The Bertz CT molecular complexity index is 189. The topological polar surface area (TPSA) is 57.8 Å². The third-order valence-corrected chi connectivity index (χ3v) is 3.34. The van der Waals surface area contributed by atoms with E-state index < -0.39 is 0 Å². The minimum absolute atomic E-state index is 0.333. The summed E-state index contributed by atoms with van der Waals surface area (Å²) < 4.78 is 10.6. The molecule has 3 N–H and O–H groups in total.